The minimum atomic E-state index is -0.497. The maximum absolute atomic E-state index is 12.1. The third-order valence-corrected chi connectivity index (χ3v) is 5.38. The fourth-order valence-electron chi connectivity index (χ4n) is 3.77. The number of aryl methyl sites for hydroxylation is 2. The molecular weight excluding hydrogens is 360 g/mol. The number of unbranched alkanes of at least 4 members (excludes halogenated alkanes) is 1. The molecule has 0 atom stereocenters. The van der Waals surface area contributed by atoms with Crippen LogP contribution in [0.15, 0.2) is 30.9 Å². The molecule has 0 heterocycles. The molecule has 29 heavy (non-hydrogen) atoms. The molecule has 0 aromatic heterocycles. The second kappa shape index (κ2) is 8.86. The molecular formula is C26H34O3. The van der Waals surface area contributed by atoms with Gasteiger partial charge in [0, 0.05) is 22.8 Å². The molecule has 0 fully saturated rings. The van der Waals surface area contributed by atoms with E-state index in [0.717, 1.165) is 47.1 Å². The van der Waals surface area contributed by atoms with E-state index in [4.69, 9.17) is 4.74 Å². The zero-order valence-electron chi connectivity index (χ0n) is 18.9. The molecule has 0 spiro atoms. The largest absolute Gasteiger partial charge is 0.507 e. The fourth-order valence-corrected chi connectivity index (χ4v) is 3.77. The normalized spacial score (nSPS) is 11.4. The van der Waals surface area contributed by atoms with Crippen molar-refractivity contribution in [1.29, 1.82) is 0 Å². The van der Waals surface area contributed by atoms with E-state index in [2.05, 4.69) is 41.2 Å². The third kappa shape index (κ3) is 4.90. The molecule has 3 nitrogen and oxygen atoms in total. The van der Waals surface area contributed by atoms with Crippen molar-refractivity contribution in [2.75, 3.05) is 0 Å². The molecule has 0 bridgehead atoms. The first-order valence-corrected chi connectivity index (χ1v) is 10.3. The Bertz CT molecular complexity index is 930. The van der Waals surface area contributed by atoms with Crippen molar-refractivity contribution >= 4 is 5.97 Å². The molecule has 1 N–H and O–H groups in total. The first-order valence-electron chi connectivity index (χ1n) is 10.3. The van der Waals surface area contributed by atoms with Gasteiger partial charge in [-0.05, 0) is 73.4 Å². The van der Waals surface area contributed by atoms with E-state index in [0.29, 0.717) is 11.3 Å². The van der Waals surface area contributed by atoms with Crippen molar-refractivity contribution in [3.8, 4) is 22.6 Å². The third-order valence-electron chi connectivity index (χ3n) is 5.38. The Morgan fingerprint density at radius 1 is 1.14 bits per heavy atom. The van der Waals surface area contributed by atoms with Crippen LogP contribution in [0.4, 0.5) is 0 Å². The van der Waals surface area contributed by atoms with Crippen LogP contribution in [0.3, 0.4) is 0 Å². The van der Waals surface area contributed by atoms with Crippen LogP contribution in [0, 0.1) is 20.8 Å². The van der Waals surface area contributed by atoms with Crippen LogP contribution in [0.1, 0.15) is 68.4 Å². The van der Waals surface area contributed by atoms with E-state index in [1.165, 1.54) is 11.6 Å². The number of hydrogen-bond donors (Lipinski definition) is 1. The van der Waals surface area contributed by atoms with Gasteiger partial charge < -0.3 is 9.84 Å². The number of rotatable bonds is 6. The topological polar surface area (TPSA) is 46.5 Å². The Morgan fingerprint density at radius 2 is 1.79 bits per heavy atom. The molecule has 0 radical (unpaired) electrons. The van der Waals surface area contributed by atoms with Crippen molar-refractivity contribution in [2.24, 2.45) is 0 Å². The van der Waals surface area contributed by atoms with Crippen molar-refractivity contribution in [2.45, 2.75) is 73.1 Å². The van der Waals surface area contributed by atoms with Crippen molar-refractivity contribution in [3.05, 3.63) is 58.7 Å². The van der Waals surface area contributed by atoms with E-state index in [1.807, 2.05) is 32.0 Å². The molecule has 156 valence electrons. The molecule has 3 heteroatoms. The lowest BCUT2D eigenvalue weighted by atomic mass is 9.82. The summed E-state index contributed by atoms with van der Waals surface area (Å²) in [6, 6.07) is 6.00. The summed E-state index contributed by atoms with van der Waals surface area (Å²) in [5.41, 5.74) is 6.42. The number of esters is 1. The molecule has 2 aromatic rings. The number of carbonyl (C=O) groups is 1. The van der Waals surface area contributed by atoms with Gasteiger partial charge in [-0.25, -0.2) is 4.79 Å². The van der Waals surface area contributed by atoms with Gasteiger partial charge in [0.2, 0.25) is 0 Å². The van der Waals surface area contributed by atoms with E-state index in [-0.39, 0.29) is 11.2 Å². The number of ether oxygens (including phenoxy) is 1. The highest BCUT2D eigenvalue weighted by atomic mass is 16.5. The van der Waals surface area contributed by atoms with E-state index < -0.39 is 5.97 Å². The Hall–Kier alpha value is -2.55. The first kappa shape index (κ1) is 22.7. The van der Waals surface area contributed by atoms with Crippen LogP contribution in [0.5, 0.6) is 11.5 Å². The van der Waals surface area contributed by atoms with Crippen LogP contribution in [-0.2, 0) is 16.6 Å². The first-order chi connectivity index (χ1) is 13.5. The van der Waals surface area contributed by atoms with Crippen LogP contribution in [0.2, 0.25) is 0 Å². The Morgan fingerprint density at radius 3 is 2.34 bits per heavy atom. The van der Waals surface area contributed by atoms with Crippen molar-refractivity contribution < 1.29 is 14.6 Å². The van der Waals surface area contributed by atoms with Gasteiger partial charge in [-0.15, -0.1) is 0 Å². The van der Waals surface area contributed by atoms with Crippen molar-refractivity contribution in [1.82, 2.24) is 0 Å². The van der Waals surface area contributed by atoms with Gasteiger partial charge in [-0.2, -0.15) is 0 Å². The predicted molar refractivity (Wildman–Crippen MR) is 121 cm³/mol. The van der Waals surface area contributed by atoms with Gasteiger partial charge in [0.05, 0.1) is 0 Å². The van der Waals surface area contributed by atoms with Gasteiger partial charge in [0.25, 0.3) is 0 Å². The highest BCUT2D eigenvalue weighted by Gasteiger charge is 2.25. The summed E-state index contributed by atoms with van der Waals surface area (Å²) in [4.78, 5) is 12.1. The van der Waals surface area contributed by atoms with Crippen LogP contribution < -0.4 is 4.74 Å². The Balaban J connectivity index is 2.83. The molecule has 0 aliphatic carbocycles. The number of hydrogen-bond acceptors (Lipinski definition) is 3. The van der Waals surface area contributed by atoms with Crippen LogP contribution in [-0.4, -0.2) is 11.1 Å². The number of phenols is 1. The molecule has 2 aromatic carbocycles. The van der Waals surface area contributed by atoms with Gasteiger partial charge in [0.15, 0.2) is 0 Å². The van der Waals surface area contributed by atoms with E-state index in [9.17, 15) is 9.90 Å². The highest BCUT2D eigenvalue weighted by molar-refractivity contribution is 5.88. The summed E-state index contributed by atoms with van der Waals surface area (Å²) in [7, 11) is 0. The summed E-state index contributed by atoms with van der Waals surface area (Å²) < 4.78 is 5.71. The molecule has 0 amide bonds. The summed E-state index contributed by atoms with van der Waals surface area (Å²) in [6.07, 6.45) is 4.27. The lowest BCUT2D eigenvalue weighted by Crippen LogP contribution is -2.12. The summed E-state index contributed by atoms with van der Waals surface area (Å²) in [6.45, 7) is 18.0. The maximum atomic E-state index is 12.1. The second-order valence-corrected chi connectivity index (χ2v) is 8.86. The molecule has 0 aliphatic rings. The highest BCUT2D eigenvalue weighted by Crippen LogP contribution is 2.45. The SMILES string of the molecule is C=CC(=O)Oc1c(-c2cc(C)cc(C(C)(C)C)c2O)cc(C)c(CCCC)c1C. The second-order valence-electron chi connectivity index (χ2n) is 8.86. The molecule has 2 rings (SSSR count). The maximum Gasteiger partial charge on any atom is 0.335 e. The lowest BCUT2D eigenvalue weighted by molar-refractivity contribution is -0.128. The van der Waals surface area contributed by atoms with Gasteiger partial charge in [0.1, 0.15) is 11.5 Å². The minimum absolute atomic E-state index is 0.214. The minimum Gasteiger partial charge on any atom is -0.507 e. The summed E-state index contributed by atoms with van der Waals surface area (Å²) in [5, 5.41) is 11.1. The van der Waals surface area contributed by atoms with E-state index >= 15 is 0 Å². The fraction of sp³-hybridized carbons (Fsp3) is 0.423. The van der Waals surface area contributed by atoms with Gasteiger partial charge in [-0.1, -0.05) is 46.8 Å². The number of phenolic OH excluding ortho intramolecular Hbond substituents is 1. The number of benzene rings is 2. The van der Waals surface area contributed by atoms with Crippen molar-refractivity contribution in [3.63, 3.8) is 0 Å². The smallest absolute Gasteiger partial charge is 0.335 e. The lowest BCUT2D eigenvalue weighted by Gasteiger charge is -2.24. The summed E-state index contributed by atoms with van der Waals surface area (Å²) >= 11 is 0. The van der Waals surface area contributed by atoms with Gasteiger partial charge in [-0.3, -0.25) is 0 Å². The van der Waals surface area contributed by atoms with Gasteiger partial charge >= 0.3 is 5.97 Å². The van der Waals surface area contributed by atoms with E-state index in [1.54, 1.807) is 0 Å². The Labute approximate surface area is 175 Å². The van der Waals surface area contributed by atoms with Crippen LogP contribution >= 0.6 is 0 Å². The molecule has 0 saturated heterocycles. The average molecular weight is 395 g/mol. The number of carbonyl (C=O) groups excluding carboxylic acids is 1. The molecule has 0 unspecified atom stereocenters. The predicted octanol–water partition coefficient (Wildman–Crippen LogP) is 6.72. The average Bonchev–Trinajstić information content (AvgIpc) is 2.64. The quantitative estimate of drug-likeness (QED) is 0.336. The Kier molecular flexibility index (Phi) is 6.94. The van der Waals surface area contributed by atoms with Crippen LogP contribution in [0.25, 0.3) is 11.1 Å². The zero-order valence-corrected chi connectivity index (χ0v) is 18.9. The molecule has 0 aliphatic heterocycles. The monoisotopic (exact) mass is 394 g/mol. The molecule has 0 saturated carbocycles. The standard InChI is InChI=1S/C26H34O3/c1-9-11-12-19-17(4)15-21(25(18(19)5)29-23(27)10-2)20-13-16(3)14-22(24(20)28)26(6,7)8/h10,13-15,28H,2,9,11-12H2,1,3-8H3. The summed E-state index contributed by atoms with van der Waals surface area (Å²) in [5.74, 6) is 0.245. The zero-order chi connectivity index (χ0) is 21.9. The number of aromatic hydroxyl groups is 1.